The fourth-order valence-electron chi connectivity index (χ4n) is 4.79. The summed E-state index contributed by atoms with van der Waals surface area (Å²) in [6.45, 7) is 15.8. The Morgan fingerprint density at radius 3 is 1.04 bits per heavy atom. The van der Waals surface area contributed by atoms with Crippen molar-refractivity contribution in [3.05, 3.63) is 212 Å². The van der Waals surface area contributed by atoms with E-state index in [0.29, 0.717) is 0 Å². The maximum Gasteiger partial charge on any atom is 0.202 e. The van der Waals surface area contributed by atoms with Gasteiger partial charge in [0, 0.05) is 2.74 Å². The predicted molar refractivity (Wildman–Crippen MR) is 210 cm³/mol. The first-order valence-corrected chi connectivity index (χ1v) is 14.8. The van der Waals surface area contributed by atoms with Crippen LogP contribution in [0.2, 0.25) is 0 Å². The first-order chi connectivity index (χ1) is 36.5. The highest BCUT2D eigenvalue weighted by atomic mass is 14.7. The van der Waals surface area contributed by atoms with Gasteiger partial charge in [0.05, 0.1) is 77.7 Å². The van der Waals surface area contributed by atoms with E-state index in [2.05, 4.69) is 9.69 Å². The van der Waals surface area contributed by atoms with E-state index in [4.69, 9.17) is 46.0 Å². The maximum absolute atomic E-state index is 11.0. The molecular formula is C48H24N6. The predicted octanol–water partition coefficient (Wildman–Crippen LogP) is 11.6. The van der Waals surface area contributed by atoms with Crippen molar-refractivity contribution >= 4 is 22.5 Å². The zero-order chi connectivity index (χ0) is 58.5. The Kier molecular flexibility index (Phi) is 4.32. The first kappa shape index (κ1) is 15.8. The van der Waals surface area contributed by atoms with Crippen molar-refractivity contribution in [2.24, 2.45) is 0 Å². The number of rotatable bonds is 6. The first-order valence-electron chi connectivity index (χ1n) is 26.8. The number of benzene rings is 6. The van der Waals surface area contributed by atoms with Crippen molar-refractivity contribution in [3.8, 4) is 57.7 Å². The second-order valence-corrected chi connectivity index (χ2v) is 10.4. The van der Waals surface area contributed by atoms with Gasteiger partial charge >= 0.3 is 0 Å². The van der Waals surface area contributed by atoms with Gasteiger partial charge in [-0.2, -0.15) is 21.0 Å². The fourth-order valence-corrected chi connectivity index (χ4v) is 4.79. The Hall–Kier alpha value is -8.52. The number of nitrogens with zero attached hydrogens (tertiary/aromatic N) is 6. The molecule has 0 saturated heterocycles. The largest absolute Gasteiger partial charge is 0.238 e. The van der Waals surface area contributed by atoms with E-state index in [1.54, 1.807) is 12.1 Å². The normalized spacial score (nSPS) is 20.3. The number of nitriles is 4. The molecule has 0 aromatic heterocycles. The monoisotopic (exact) mass is 708 g/mol. The summed E-state index contributed by atoms with van der Waals surface area (Å²) in [5, 5.41) is 41.1. The molecule has 7 rings (SSSR count). The van der Waals surface area contributed by atoms with Gasteiger partial charge in [-0.05, 0) is 91.0 Å². The van der Waals surface area contributed by atoms with Crippen molar-refractivity contribution in [1.82, 2.24) is 0 Å². The van der Waals surface area contributed by atoms with Gasteiger partial charge in [-0.25, -0.2) is 9.69 Å². The van der Waals surface area contributed by atoms with Crippen molar-refractivity contribution in [2.45, 2.75) is 0 Å². The highest BCUT2D eigenvalue weighted by Crippen LogP contribution is 2.56. The molecule has 246 valence electrons. The molecule has 1 aliphatic carbocycles. The maximum atomic E-state index is 11.0. The van der Waals surface area contributed by atoms with Crippen LogP contribution in [-0.2, 0) is 0 Å². The van der Waals surface area contributed by atoms with E-state index in [1.807, 2.05) is 0 Å². The minimum absolute atomic E-state index is 0.718. The third kappa shape index (κ3) is 6.55. The molecule has 6 heteroatoms. The second kappa shape index (κ2) is 14.8. The van der Waals surface area contributed by atoms with Crippen LogP contribution in [0.1, 0.15) is 60.7 Å². The highest BCUT2D eigenvalue weighted by Gasteiger charge is 2.40. The molecule has 1 saturated carbocycles. The Bertz CT molecular complexity index is 3650. The van der Waals surface area contributed by atoms with Crippen LogP contribution in [0.3, 0.4) is 0 Å². The van der Waals surface area contributed by atoms with Crippen LogP contribution in [0.4, 0.5) is 5.69 Å². The molecule has 0 spiro atoms. The third-order valence-corrected chi connectivity index (χ3v) is 7.32. The van der Waals surface area contributed by atoms with Crippen molar-refractivity contribution in [1.29, 1.82) is 21.0 Å². The van der Waals surface area contributed by atoms with Gasteiger partial charge in [0.1, 0.15) is 12.1 Å². The van der Waals surface area contributed by atoms with Crippen LogP contribution in [0.15, 0.2) is 162 Å². The fraction of sp³-hybridized carbons (Fsp3) is 0. The average Bonchev–Trinajstić information content (AvgIpc) is 4.33. The Morgan fingerprint density at radius 2 is 0.741 bits per heavy atom. The minimum atomic E-state index is -1.14. The van der Waals surface area contributed by atoms with Gasteiger partial charge in [-0.15, -0.1) is 0 Å². The molecule has 0 radical (unpaired) electrons. The third-order valence-electron chi connectivity index (χ3n) is 7.32. The van der Waals surface area contributed by atoms with Gasteiger partial charge in [0.2, 0.25) is 5.70 Å². The smallest absolute Gasteiger partial charge is 0.202 e. The average molecular weight is 709 g/mol. The highest BCUT2D eigenvalue weighted by molar-refractivity contribution is 6.11. The lowest BCUT2D eigenvalue weighted by Crippen LogP contribution is -1.85. The molecule has 0 amide bonds. The van der Waals surface area contributed by atoms with Crippen LogP contribution in [0, 0.1) is 58.5 Å². The molecule has 0 N–H and O–H groups in total. The summed E-state index contributed by atoms with van der Waals surface area (Å²) in [6, 6.07) is -18.2. The lowest BCUT2D eigenvalue weighted by atomic mass is 9.98. The van der Waals surface area contributed by atoms with Crippen molar-refractivity contribution < 1.29 is 32.9 Å². The van der Waals surface area contributed by atoms with Crippen LogP contribution in [0.25, 0.3) is 59.9 Å². The molecule has 0 atom stereocenters. The van der Waals surface area contributed by atoms with Gasteiger partial charge in [0.25, 0.3) is 0 Å². The molecule has 0 unspecified atom stereocenters. The second-order valence-electron chi connectivity index (χ2n) is 10.4. The van der Waals surface area contributed by atoms with Crippen LogP contribution >= 0.6 is 0 Å². The van der Waals surface area contributed by atoms with E-state index in [0.717, 1.165) is 0 Å². The molecule has 6 aromatic carbocycles. The topological polar surface area (TPSA) is 104 Å². The summed E-state index contributed by atoms with van der Waals surface area (Å²) >= 11 is 0. The van der Waals surface area contributed by atoms with Crippen molar-refractivity contribution in [3.63, 3.8) is 0 Å². The molecule has 6 aromatic rings. The minimum Gasteiger partial charge on any atom is -0.238 e. The van der Waals surface area contributed by atoms with Crippen LogP contribution in [0.5, 0.6) is 0 Å². The number of hydrogen-bond acceptors (Lipinski definition) is 4. The van der Waals surface area contributed by atoms with Gasteiger partial charge in [-0.1, -0.05) is 121 Å². The summed E-state index contributed by atoms with van der Waals surface area (Å²) in [6.07, 6.45) is 0. The zero-order valence-electron chi connectivity index (χ0n) is 50.7. The number of hydrogen-bond donors (Lipinski definition) is 0. The Morgan fingerprint density at radius 1 is 0.426 bits per heavy atom. The summed E-state index contributed by atoms with van der Waals surface area (Å²) in [5.74, 6) is 0. The molecule has 6 nitrogen and oxygen atoms in total. The Labute approximate surface area is 347 Å². The standard InChI is InChI=1S/C48H24N6/c1-53-42-25-23-38(24-26-42)36-13-19-40(20-14-36)44(30-52)46-45(43(29-51)39-17-11-35(12-18-39)33-7-3-31(27-49)4-8-33)47(46)48(54-2)41-21-15-37(16-22-41)34-9-5-32(28-50)6-10-34/h3-26H/b45-43+,46-44-,48-47-/i3D,4D,5D,6D,7D,8D,9D,10D,11D,12D,13D,14D,15D,16D,17D,18D,19D,20D,21D,22D,23D,24D,25D,26D. The van der Waals surface area contributed by atoms with Gasteiger partial charge in [0.15, 0.2) is 5.69 Å². The molecule has 1 aliphatic rings. The summed E-state index contributed by atoms with van der Waals surface area (Å²) in [5.41, 5.74) is -15.0. The van der Waals surface area contributed by atoms with E-state index in [-0.39, 0.29) is 0 Å². The molecule has 1 fully saturated rings. The van der Waals surface area contributed by atoms with Gasteiger partial charge in [-0.3, -0.25) is 0 Å². The molecule has 0 heterocycles. The van der Waals surface area contributed by atoms with E-state index >= 15 is 0 Å². The lowest BCUT2D eigenvalue weighted by molar-refractivity contribution is 1.48. The van der Waals surface area contributed by atoms with E-state index < -0.39 is 245 Å². The summed E-state index contributed by atoms with van der Waals surface area (Å²) in [7, 11) is 0. The zero-order valence-corrected chi connectivity index (χ0v) is 26.7. The quantitative estimate of drug-likeness (QED) is 0.127. The molecular weight excluding hydrogens is 661 g/mol. The van der Waals surface area contributed by atoms with Crippen molar-refractivity contribution in [2.75, 3.05) is 0 Å². The molecule has 0 aliphatic heterocycles. The SMILES string of the molecule is [2H]c1c([2H])c(-c2c([2H])c([2H])c(/C(C#N)=C3/C(=C(/[N+]#[C-])c4c([2H])c([2H])c(-c5c([2H])c([2H])c(C#N)c([2H])c5[2H])c([2H])c4[2H])/C3=C(/C#N)c3c([2H])c([2H])c(-c4c([2H])c([2H])c([N+]#[C-])c([2H])c4[2H])c([2H])c3[2H])c([2H])c2[2H])c([2H])c([2H])c1C#N. The summed E-state index contributed by atoms with van der Waals surface area (Å²) < 4.78 is 210. The van der Waals surface area contributed by atoms with Crippen LogP contribution < -0.4 is 0 Å². The van der Waals surface area contributed by atoms with E-state index in [9.17, 15) is 21.0 Å². The van der Waals surface area contributed by atoms with E-state index in [1.165, 1.54) is 12.1 Å². The van der Waals surface area contributed by atoms with Crippen LogP contribution in [-0.4, -0.2) is 0 Å². The summed E-state index contributed by atoms with van der Waals surface area (Å²) in [4.78, 5) is 6.44. The van der Waals surface area contributed by atoms with Gasteiger partial charge < -0.3 is 0 Å². The number of allylic oxidation sites excluding steroid dienone is 5. The lowest BCUT2D eigenvalue weighted by Gasteiger charge is -2.05. The molecule has 0 bridgehead atoms. The molecule has 54 heavy (non-hydrogen) atoms. The Balaban J connectivity index is 1.68.